The van der Waals surface area contributed by atoms with E-state index in [9.17, 15) is 9.90 Å². The van der Waals surface area contributed by atoms with E-state index in [4.69, 9.17) is 0 Å². The van der Waals surface area contributed by atoms with Crippen molar-refractivity contribution in [1.82, 2.24) is 5.32 Å². The van der Waals surface area contributed by atoms with Gasteiger partial charge >= 0.3 is 0 Å². The van der Waals surface area contributed by atoms with E-state index >= 15 is 0 Å². The average Bonchev–Trinajstić information content (AvgIpc) is 2.54. The van der Waals surface area contributed by atoms with Gasteiger partial charge in [-0.2, -0.15) is 0 Å². The molecule has 0 heterocycles. The van der Waals surface area contributed by atoms with Gasteiger partial charge in [-0.05, 0) is 37.1 Å². The molecular formula is C21H28N2O2. The summed E-state index contributed by atoms with van der Waals surface area (Å²) in [5.41, 5.74) is 5.11. The van der Waals surface area contributed by atoms with Crippen LogP contribution in [0.25, 0.3) is 0 Å². The van der Waals surface area contributed by atoms with E-state index in [0.717, 1.165) is 27.9 Å². The van der Waals surface area contributed by atoms with E-state index < -0.39 is 6.10 Å². The molecule has 0 aromatic heterocycles. The molecule has 1 atom stereocenters. The average molecular weight is 340 g/mol. The first kappa shape index (κ1) is 19.2. The lowest BCUT2D eigenvalue weighted by Crippen LogP contribution is -2.21. The molecule has 1 amide bonds. The standard InChI is InChI=1S/C21H28N2O2/c1-14(2)21(25)23-19-7-5-6-17(11-19)12-22-13-20(24)18-9-15(3)8-16(4)10-18/h5-11,14,20,22,24H,12-13H2,1-4H3,(H,23,25). The second kappa shape index (κ2) is 8.79. The minimum absolute atomic E-state index is 0.00958. The number of hydrogen-bond donors (Lipinski definition) is 3. The van der Waals surface area contributed by atoms with Crippen molar-refractivity contribution in [2.75, 3.05) is 11.9 Å². The molecule has 4 nitrogen and oxygen atoms in total. The Balaban J connectivity index is 1.90. The molecule has 0 radical (unpaired) electrons. The first-order valence-electron chi connectivity index (χ1n) is 8.72. The Labute approximate surface area is 150 Å². The Morgan fingerprint density at radius 1 is 1.08 bits per heavy atom. The van der Waals surface area contributed by atoms with E-state index in [0.29, 0.717) is 13.1 Å². The summed E-state index contributed by atoms with van der Waals surface area (Å²) in [4.78, 5) is 11.8. The number of aliphatic hydroxyl groups is 1. The van der Waals surface area contributed by atoms with Gasteiger partial charge in [-0.15, -0.1) is 0 Å². The van der Waals surface area contributed by atoms with Crippen LogP contribution in [0.5, 0.6) is 0 Å². The van der Waals surface area contributed by atoms with Crippen molar-refractivity contribution in [2.24, 2.45) is 5.92 Å². The molecule has 0 saturated carbocycles. The number of carbonyl (C=O) groups excluding carboxylic acids is 1. The molecule has 2 aromatic carbocycles. The highest BCUT2D eigenvalue weighted by molar-refractivity contribution is 5.92. The lowest BCUT2D eigenvalue weighted by molar-refractivity contribution is -0.118. The van der Waals surface area contributed by atoms with Crippen molar-refractivity contribution in [3.63, 3.8) is 0 Å². The van der Waals surface area contributed by atoms with Crippen LogP contribution in [0.3, 0.4) is 0 Å². The fraction of sp³-hybridized carbons (Fsp3) is 0.381. The lowest BCUT2D eigenvalue weighted by atomic mass is 10.0. The summed E-state index contributed by atoms with van der Waals surface area (Å²) in [6.07, 6.45) is -0.539. The fourth-order valence-corrected chi connectivity index (χ4v) is 2.72. The number of anilines is 1. The molecule has 0 aliphatic heterocycles. The maximum atomic E-state index is 11.8. The van der Waals surface area contributed by atoms with E-state index in [2.05, 4.69) is 16.7 Å². The molecule has 4 heteroatoms. The fourth-order valence-electron chi connectivity index (χ4n) is 2.72. The number of hydrogen-bond acceptors (Lipinski definition) is 3. The van der Waals surface area contributed by atoms with Gasteiger partial charge in [0.15, 0.2) is 0 Å². The largest absolute Gasteiger partial charge is 0.387 e. The van der Waals surface area contributed by atoms with Crippen molar-refractivity contribution < 1.29 is 9.90 Å². The van der Waals surface area contributed by atoms with Crippen LogP contribution in [0.1, 0.15) is 42.2 Å². The number of nitrogens with one attached hydrogen (secondary N) is 2. The predicted molar refractivity (Wildman–Crippen MR) is 102 cm³/mol. The van der Waals surface area contributed by atoms with Gasteiger partial charge < -0.3 is 15.7 Å². The van der Waals surface area contributed by atoms with Crippen LogP contribution in [-0.2, 0) is 11.3 Å². The van der Waals surface area contributed by atoms with Gasteiger partial charge in [-0.1, -0.05) is 55.3 Å². The summed E-state index contributed by atoms with van der Waals surface area (Å²) >= 11 is 0. The Morgan fingerprint density at radius 3 is 2.40 bits per heavy atom. The number of rotatable bonds is 7. The number of aryl methyl sites for hydroxylation is 2. The highest BCUT2D eigenvalue weighted by Crippen LogP contribution is 2.17. The smallest absolute Gasteiger partial charge is 0.226 e. The number of carbonyl (C=O) groups is 1. The van der Waals surface area contributed by atoms with Crippen LogP contribution < -0.4 is 10.6 Å². The monoisotopic (exact) mass is 340 g/mol. The maximum Gasteiger partial charge on any atom is 0.226 e. The van der Waals surface area contributed by atoms with Gasteiger partial charge in [0.1, 0.15) is 0 Å². The van der Waals surface area contributed by atoms with Crippen LogP contribution >= 0.6 is 0 Å². The van der Waals surface area contributed by atoms with Gasteiger partial charge in [-0.25, -0.2) is 0 Å². The second-order valence-electron chi connectivity index (χ2n) is 6.91. The molecule has 1 unspecified atom stereocenters. The van der Waals surface area contributed by atoms with Crippen LogP contribution in [0.15, 0.2) is 42.5 Å². The van der Waals surface area contributed by atoms with Crippen LogP contribution in [0.2, 0.25) is 0 Å². The summed E-state index contributed by atoms with van der Waals surface area (Å²) < 4.78 is 0. The molecule has 0 aliphatic rings. The van der Waals surface area contributed by atoms with Crippen LogP contribution in [0, 0.1) is 19.8 Å². The third-order valence-corrected chi connectivity index (χ3v) is 4.01. The Kier molecular flexibility index (Phi) is 6.73. The molecular weight excluding hydrogens is 312 g/mol. The van der Waals surface area contributed by atoms with E-state index in [1.54, 1.807) is 0 Å². The maximum absolute atomic E-state index is 11.8. The molecule has 2 rings (SSSR count). The third-order valence-electron chi connectivity index (χ3n) is 4.01. The molecule has 3 N–H and O–H groups in total. The zero-order valence-corrected chi connectivity index (χ0v) is 15.5. The SMILES string of the molecule is Cc1cc(C)cc(C(O)CNCc2cccc(NC(=O)C(C)C)c2)c1. The molecule has 134 valence electrons. The Bertz CT molecular complexity index is 705. The van der Waals surface area contributed by atoms with Crippen LogP contribution in [-0.4, -0.2) is 17.6 Å². The second-order valence-corrected chi connectivity index (χ2v) is 6.91. The summed E-state index contributed by atoms with van der Waals surface area (Å²) in [5, 5.41) is 16.5. The molecule has 0 aliphatic carbocycles. The van der Waals surface area contributed by atoms with Crippen molar-refractivity contribution in [1.29, 1.82) is 0 Å². The summed E-state index contributed by atoms with van der Waals surface area (Å²) in [6, 6.07) is 13.9. The molecule has 0 saturated heterocycles. The summed E-state index contributed by atoms with van der Waals surface area (Å²) in [5.74, 6) is -0.0370. The number of benzene rings is 2. The summed E-state index contributed by atoms with van der Waals surface area (Å²) in [7, 11) is 0. The minimum atomic E-state index is -0.539. The zero-order chi connectivity index (χ0) is 18.4. The quantitative estimate of drug-likeness (QED) is 0.720. The van der Waals surface area contributed by atoms with Gasteiger partial charge in [-0.3, -0.25) is 4.79 Å². The first-order valence-corrected chi connectivity index (χ1v) is 8.72. The van der Waals surface area contributed by atoms with Crippen molar-refractivity contribution in [3.05, 3.63) is 64.7 Å². The van der Waals surface area contributed by atoms with Gasteiger partial charge in [0.25, 0.3) is 0 Å². The topological polar surface area (TPSA) is 61.4 Å². The van der Waals surface area contributed by atoms with Gasteiger partial charge in [0.2, 0.25) is 5.91 Å². The van der Waals surface area contributed by atoms with E-state index in [1.165, 1.54) is 0 Å². The van der Waals surface area contributed by atoms with Crippen molar-refractivity contribution in [3.8, 4) is 0 Å². The van der Waals surface area contributed by atoms with Gasteiger partial charge in [0.05, 0.1) is 6.10 Å². The Morgan fingerprint density at radius 2 is 1.76 bits per heavy atom. The van der Waals surface area contributed by atoms with Crippen molar-refractivity contribution in [2.45, 2.75) is 40.3 Å². The van der Waals surface area contributed by atoms with E-state index in [1.807, 2.05) is 64.1 Å². The highest BCUT2D eigenvalue weighted by atomic mass is 16.3. The first-order chi connectivity index (χ1) is 11.8. The van der Waals surface area contributed by atoms with Gasteiger partial charge in [0, 0.05) is 24.7 Å². The third kappa shape index (κ3) is 6.00. The minimum Gasteiger partial charge on any atom is -0.387 e. The number of amides is 1. The normalized spacial score (nSPS) is 12.2. The van der Waals surface area contributed by atoms with Crippen molar-refractivity contribution >= 4 is 11.6 Å². The Hall–Kier alpha value is -2.17. The highest BCUT2D eigenvalue weighted by Gasteiger charge is 2.09. The van der Waals surface area contributed by atoms with Crippen LogP contribution in [0.4, 0.5) is 5.69 Å². The lowest BCUT2D eigenvalue weighted by Gasteiger charge is -2.14. The molecule has 2 aromatic rings. The summed E-state index contributed by atoms with van der Waals surface area (Å²) in [6.45, 7) is 8.92. The predicted octanol–water partition coefficient (Wildman–Crippen LogP) is 3.72. The zero-order valence-electron chi connectivity index (χ0n) is 15.5. The van der Waals surface area contributed by atoms with E-state index in [-0.39, 0.29) is 11.8 Å². The molecule has 0 bridgehead atoms. The molecule has 25 heavy (non-hydrogen) atoms. The molecule has 0 spiro atoms. The number of aliphatic hydroxyl groups excluding tert-OH is 1. The molecule has 0 fully saturated rings.